The average Bonchev–Trinajstić information content (AvgIpc) is 2.37. The Morgan fingerprint density at radius 3 is 0.480 bits per heavy atom. The normalized spacial score (nSPS) is 11.2. The second-order valence-corrected chi connectivity index (χ2v) is 6.90. The molecule has 0 aromatic rings. The van der Waals surface area contributed by atoms with Crippen LogP contribution >= 0.6 is 0 Å². The van der Waals surface area contributed by atoms with Crippen molar-refractivity contribution >= 4 is 65.5 Å². The van der Waals surface area contributed by atoms with E-state index in [0.29, 0.717) is 0 Å². The molecule has 0 amide bonds. The molecule has 0 bridgehead atoms. The van der Waals surface area contributed by atoms with Gasteiger partial charge in [0.25, 0.3) is 0 Å². The first kappa shape index (κ1) is 36.2. The molecule has 0 aliphatic heterocycles. The van der Waals surface area contributed by atoms with E-state index in [1.165, 1.54) is 0 Å². The maximum Gasteiger partial charge on any atom is 4.00 e. The van der Waals surface area contributed by atoms with Crippen LogP contribution in [0.3, 0.4) is 0 Å². The van der Waals surface area contributed by atoms with Crippen molar-refractivity contribution in [1.29, 1.82) is 0 Å². The Bertz CT molecular complexity index is 572. The fraction of sp³-hybridized carbons (Fsp3) is 1.00. The number of hydrogen-bond acceptors (Lipinski definition) is 16. The van der Waals surface area contributed by atoms with Gasteiger partial charge >= 0.3 is 23.9 Å². The van der Waals surface area contributed by atoms with Gasteiger partial charge in [0.05, 0.1) is 28.4 Å². The Morgan fingerprint density at radius 2 is 0.480 bits per heavy atom. The van der Waals surface area contributed by atoms with Crippen molar-refractivity contribution in [2.75, 3.05) is 28.4 Å². The van der Waals surface area contributed by atoms with E-state index in [1.807, 2.05) is 0 Å². The van der Waals surface area contributed by atoms with Crippen LogP contribution in [0.2, 0.25) is 0 Å². The van der Waals surface area contributed by atoms with E-state index in [2.05, 4.69) is 16.7 Å². The fourth-order valence-electron chi connectivity index (χ4n) is 0. The summed E-state index contributed by atoms with van der Waals surface area (Å²) >= 11 is 0. The molecule has 0 unspecified atom stereocenters. The van der Waals surface area contributed by atoms with Crippen LogP contribution in [0.4, 0.5) is 0 Å². The summed E-state index contributed by atoms with van der Waals surface area (Å²) < 4.78 is 124. The predicted octanol–water partition coefficient (Wildman–Crippen LogP) is -4.01. The summed E-state index contributed by atoms with van der Waals surface area (Å²) in [6.07, 6.45) is 0. The minimum Gasteiger partial charge on any atom is -0.726 e. The Morgan fingerprint density at radius 1 is 0.440 bits per heavy atom. The van der Waals surface area contributed by atoms with Crippen LogP contribution in [0.15, 0.2) is 0 Å². The van der Waals surface area contributed by atoms with Crippen molar-refractivity contribution in [3.05, 3.63) is 0 Å². The van der Waals surface area contributed by atoms with E-state index in [0.717, 1.165) is 28.4 Å². The molecule has 152 valence electrons. The number of hydrogen-bond donors (Lipinski definition) is 0. The quantitative estimate of drug-likeness (QED) is 0.179. The Kier molecular flexibility index (Phi) is 23.8. The van der Waals surface area contributed by atoms with Crippen LogP contribution in [-0.2, 0) is 58.3 Å². The Balaban J connectivity index is -0.0000000702. The molecule has 0 heterocycles. The van der Waals surface area contributed by atoms with E-state index in [4.69, 9.17) is 0 Å². The second-order valence-electron chi connectivity index (χ2n) is 2.30. The largest absolute Gasteiger partial charge is 4.00 e. The molecule has 0 saturated heterocycles. The summed E-state index contributed by atoms with van der Waals surface area (Å²) in [4.78, 5) is 0. The molecule has 0 N–H and O–H groups in total. The molecule has 25 heavy (non-hydrogen) atoms. The summed E-state index contributed by atoms with van der Waals surface area (Å²) in [6, 6.07) is 0. The van der Waals surface area contributed by atoms with Crippen LogP contribution in [-0.4, -0.2) is 104 Å². The minimum absolute atomic E-state index is 0. The molecule has 0 radical (unpaired) electrons. The van der Waals surface area contributed by atoms with Crippen LogP contribution in [0.5, 0.6) is 0 Å². The molecule has 0 aliphatic rings. The van der Waals surface area contributed by atoms with Crippen LogP contribution in [0, 0.1) is 0 Å². The van der Waals surface area contributed by atoms with E-state index in [1.54, 1.807) is 0 Å². The molecule has 0 fully saturated rings. The minimum atomic E-state index is -4.41. The van der Waals surface area contributed by atoms with Gasteiger partial charge in [0.2, 0.25) is 41.6 Å². The van der Waals surface area contributed by atoms with Crippen LogP contribution < -0.4 is 0 Å². The van der Waals surface area contributed by atoms with Gasteiger partial charge in [-0.1, -0.05) is 0 Å². The zero-order valence-electron chi connectivity index (χ0n) is 12.7. The third-order valence-electron chi connectivity index (χ3n) is 0.816. The zero-order chi connectivity index (χ0) is 20.8. The van der Waals surface area contributed by atoms with Gasteiger partial charge in [0.1, 0.15) is 0 Å². The van der Waals surface area contributed by atoms with Crippen molar-refractivity contribution in [2.45, 2.75) is 0 Å². The van der Waals surface area contributed by atoms with Crippen molar-refractivity contribution in [2.24, 2.45) is 0 Å². The topological polar surface area (TPSA) is 266 Å². The standard InChI is InChI=1S/4CH4O4S.Sn/c4*1-5-6(2,3)4;/h4*1H3,(H,2,3,4);/q;;;;+4/p-4. The SMILES string of the molecule is COS(=O)(=O)[O-].COS(=O)(=O)[O-].COS(=O)(=O)[O-].COS(=O)(=O)[O-].[Sn+4]. The van der Waals surface area contributed by atoms with E-state index >= 15 is 0 Å². The molecule has 0 spiro atoms. The van der Waals surface area contributed by atoms with Crippen molar-refractivity contribution in [1.82, 2.24) is 0 Å². The Labute approximate surface area is 162 Å². The molecule has 0 saturated carbocycles. The third kappa shape index (κ3) is 79.9. The molecule has 0 aliphatic carbocycles. The van der Waals surface area contributed by atoms with Crippen molar-refractivity contribution in [3.8, 4) is 0 Å². The van der Waals surface area contributed by atoms with Crippen LogP contribution in [0.1, 0.15) is 0 Å². The second kappa shape index (κ2) is 16.5. The van der Waals surface area contributed by atoms with Crippen LogP contribution in [0.25, 0.3) is 0 Å². The smallest absolute Gasteiger partial charge is 0.726 e. The monoisotopic (exact) mass is 564 g/mol. The van der Waals surface area contributed by atoms with Gasteiger partial charge < -0.3 is 18.2 Å². The van der Waals surface area contributed by atoms with Gasteiger partial charge in [0, 0.05) is 0 Å². The van der Waals surface area contributed by atoms with Gasteiger partial charge in [-0.05, 0) is 0 Å². The predicted molar refractivity (Wildman–Crippen MR) is 72.6 cm³/mol. The first-order chi connectivity index (χ1) is 10.2. The van der Waals surface area contributed by atoms with Gasteiger partial charge in [-0.2, -0.15) is 0 Å². The van der Waals surface area contributed by atoms with Gasteiger partial charge in [-0.15, -0.1) is 0 Å². The molecular formula is C4H12O16S4Sn. The summed E-state index contributed by atoms with van der Waals surface area (Å²) in [7, 11) is -14.4. The van der Waals surface area contributed by atoms with Crippen molar-refractivity contribution in [3.63, 3.8) is 0 Å². The maximum absolute atomic E-state index is 9.22. The first-order valence-corrected chi connectivity index (χ1v) is 9.63. The molecule has 0 rings (SSSR count). The molecule has 16 nitrogen and oxygen atoms in total. The summed E-state index contributed by atoms with van der Waals surface area (Å²) in [5, 5.41) is 0. The third-order valence-corrected chi connectivity index (χ3v) is 2.45. The summed E-state index contributed by atoms with van der Waals surface area (Å²) in [6.45, 7) is 0. The average molecular weight is 563 g/mol. The molecular weight excluding hydrogens is 551 g/mol. The van der Waals surface area contributed by atoms with Gasteiger partial charge in [0.15, 0.2) is 0 Å². The molecule has 0 atom stereocenters. The fourth-order valence-corrected chi connectivity index (χ4v) is 0. The van der Waals surface area contributed by atoms with E-state index < -0.39 is 41.6 Å². The molecule has 0 aromatic heterocycles. The maximum atomic E-state index is 9.22. The summed E-state index contributed by atoms with van der Waals surface area (Å²) in [5.74, 6) is 0. The molecule has 0 aromatic carbocycles. The molecule has 21 heteroatoms. The summed E-state index contributed by atoms with van der Waals surface area (Å²) in [5.41, 5.74) is 0. The zero-order valence-corrected chi connectivity index (χ0v) is 18.8. The first-order valence-electron chi connectivity index (χ1n) is 4.30. The van der Waals surface area contributed by atoms with Crippen molar-refractivity contribution < 1.29 is 68.6 Å². The Hall–Kier alpha value is 0.279. The van der Waals surface area contributed by atoms with Gasteiger partial charge in [-0.25, -0.2) is 33.7 Å². The van der Waals surface area contributed by atoms with E-state index in [-0.39, 0.29) is 23.9 Å². The van der Waals surface area contributed by atoms with Gasteiger partial charge in [-0.3, -0.25) is 16.7 Å². The number of rotatable bonds is 4. The van der Waals surface area contributed by atoms with E-state index in [9.17, 15) is 51.9 Å².